The number of phenolic OH excluding ortho intramolecular Hbond substituents is 1. The number of halogens is 3. The summed E-state index contributed by atoms with van der Waals surface area (Å²) in [7, 11) is 1.38. The van der Waals surface area contributed by atoms with Crippen LogP contribution in [0.4, 0.5) is 21.5 Å². The first kappa shape index (κ1) is 32.7. The zero-order chi connectivity index (χ0) is 35.1. The van der Waals surface area contributed by atoms with Gasteiger partial charge in [-0.15, -0.1) is 23.2 Å². The van der Waals surface area contributed by atoms with Crippen LogP contribution >= 0.6 is 23.2 Å². The number of benzene rings is 3. The number of carbonyl (C=O) groups is 4. The molecule has 8 rings (SSSR count). The Morgan fingerprint density at radius 2 is 1.48 bits per heavy atom. The topological polar surface area (TPSA) is 117 Å². The van der Waals surface area contributed by atoms with Crippen LogP contribution in [0.3, 0.4) is 0 Å². The van der Waals surface area contributed by atoms with Crippen LogP contribution < -0.4 is 19.4 Å². The number of nitrogens with zero attached hydrogens (tertiary/aromatic N) is 3. The molecule has 4 amide bonds. The van der Waals surface area contributed by atoms with Crippen molar-refractivity contribution >= 4 is 63.9 Å². The molecule has 6 atom stereocenters. The van der Waals surface area contributed by atoms with Gasteiger partial charge in [-0.3, -0.25) is 24.1 Å². The quantitative estimate of drug-likeness (QED) is 0.219. The Bertz CT molecular complexity index is 1970. The van der Waals surface area contributed by atoms with Crippen LogP contribution in [-0.4, -0.2) is 71.9 Å². The Hall–Kier alpha value is -4.45. The number of ether oxygens (including phenoxy) is 2. The third-order valence-electron chi connectivity index (χ3n) is 10.9. The summed E-state index contributed by atoms with van der Waals surface area (Å²) in [4.78, 5) is 57.3. The molecule has 50 heavy (non-hydrogen) atoms. The van der Waals surface area contributed by atoms with E-state index in [1.807, 2.05) is 12.1 Å². The smallest absolute Gasteiger partial charge is 0.258 e. The average molecular weight is 721 g/mol. The molecule has 1 N–H and O–H groups in total. The highest BCUT2D eigenvalue weighted by Gasteiger charge is 2.77. The Morgan fingerprint density at radius 1 is 0.840 bits per heavy atom. The first-order valence-corrected chi connectivity index (χ1v) is 17.2. The number of rotatable bonds is 5. The number of para-hydroxylation sites is 1. The van der Waals surface area contributed by atoms with Crippen LogP contribution in [0.15, 0.2) is 78.4 Å². The summed E-state index contributed by atoms with van der Waals surface area (Å²) >= 11 is 14.8. The van der Waals surface area contributed by atoms with Crippen molar-refractivity contribution in [2.45, 2.75) is 28.5 Å². The number of hydrogen-bond donors (Lipinski definition) is 1. The second-order valence-electron chi connectivity index (χ2n) is 13.3. The summed E-state index contributed by atoms with van der Waals surface area (Å²) in [5.41, 5.74) is 2.14. The Labute approximate surface area is 296 Å². The van der Waals surface area contributed by atoms with E-state index in [0.717, 1.165) is 35.8 Å². The number of methoxy groups -OCH3 is 1. The average Bonchev–Trinajstić information content (AvgIpc) is 3.47. The van der Waals surface area contributed by atoms with Crippen LogP contribution in [0.5, 0.6) is 11.5 Å². The Morgan fingerprint density at radius 3 is 2.16 bits per heavy atom. The van der Waals surface area contributed by atoms with Crippen molar-refractivity contribution in [1.82, 2.24) is 0 Å². The predicted molar refractivity (Wildman–Crippen MR) is 183 cm³/mol. The fraction of sp³-hybridized carbons (Fsp3) is 0.351. The van der Waals surface area contributed by atoms with Crippen molar-refractivity contribution in [3.63, 3.8) is 0 Å². The fourth-order valence-corrected chi connectivity index (χ4v) is 9.50. The zero-order valence-corrected chi connectivity index (χ0v) is 28.4. The second-order valence-corrected chi connectivity index (χ2v) is 14.5. The standard InChI is InChI=1S/C37H32Cl2FN3O7/c1-49-28-4-2-3-26(31(28)44)30-24-13-14-25-29(33(46)42(32(25)45)22-11-9-21(10-12-22)41-15-17-50-18-16-41)27(24)19-36(38)34(47)43(35(48)37(30,36)39)23-7-5-20(40)6-8-23/h2-13,25,27,29-30,44H,14-19H2,1H3. The number of alkyl halides is 2. The molecule has 4 fully saturated rings. The van der Waals surface area contributed by atoms with E-state index in [-0.39, 0.29) is 41.5 Å². The summed E-state index contributed by atoms with van der Waals surface area (Å²) in [6, 6.07) is 16.8. The summed E-state index contributed by atoms with van der Waals surface area (Å²) in [5.74, 6) is -6.96. The lowest BCUT2D eigenvalue weighted by molar-refractivity contribution is -0.125. The molecule has 3 heterocycles. The minimum Gasteiger partial charge on any atom is -0.504 e. The fourth-order valence-electron chi connectivity index (χ4n) is 8.57. The van der Waals surface area contributed by atoms with Crippen LogP contribution in [0.1, 0.15) is 24.3 Å². The number of hydrogen-bond acceptors (Lipinski definition) is 8. The van der Waals surface area contributed by atoms with E-state index >= 15 is 0 Å². The van der Waals surface area contributed by atoms with Gasteiger partial charge in [0.25, 0.3) is 11.8 Å². The number of allylic oxidation sites excluding steroid dienone is 2. The van der Waals surface area contributed by atoms with E-state index in [0.29, 0.717) is 24.5 Å². The summed E-state index contributed by atoms with van der Waals surface area (Å²) in [5, 5.41) is 11.5. The SMILES string of the molecule is COc1cccc(C2C3=CCC4C(=O)N(c5ccc(N6CCOCC6)cc5)C(=O)C4C3CC3(Cl)C(=O)N(c4ccc(F)cc4)C(=O)C23Cl)c1O. The van der Waals surface area contributed by atoms with Crippen molar-refractivity contribution in [3.8, 4) is 11.5 Å². The Balaban J connectivity index is 1.23. The molecular formula is C37H32Cl2FN3O7. The third kappa shape index (κ3) is 4.49. The van der Waals surface area contributed by atoms with Crippen molar-refractivity contribution in [1.29, 1.82) is 0 Å². The lowest BCUT2D eigenvalue weighted by Gasteiger charge is -2.50. The Kier molecular flexibility index (Phi) is 7.74. The molecule has 0 aromatic heterocycles. The van der Waals surface area contributed by atoms with Gasteiger partial charge in [0.2, 0.25) is 11.8 Å². The minimum absolute atomic E-state index is 0.0677. The van der Waals surface area contributed by atoms with Crippen LogP contribution in [0, 0.1) is 23.6 Å². The molecule has 0 bridgehead atoms. The predicted octanol–water partition coefficient (Wildman–Crippen LogP) is 5.14. The van der Waals surface area contributed by atoms with Gasteiger partial charge in [0, 0.05) is 30.3 Å². The third-order valence-corrected chi connectivity index (χ3v) is 12.4. The molecule has 3 aromatic rings. The van der Waals surface area contributed by atoms with E-state index in [1.54, 1.807) is 30.3 Å². The highest BCUT2D eigenvalue weighted by molar-refractivity contribution is 6.58. The number of carbonyl (C=O) groups excluding carboxylic acids is 4. The molecule has 2 aliphatic carbocycles. The van der Waals surface area contributed by atoms with Crippen molar-refractivity contribution in [2.24, 2.45) is 17.8 Å². The monoisotopic (exact) mass is 719 g/mol. The van der Waals surface area contributed by atoms with E-state index in [9.17, 15) is 28.7 Å². The van der Waals surface area contributed by atoms with Crippen molar-refractivity contribution in [2.75, 3.05) is 48.1 Å². The summed E-state index contributed by atoms with van der Waals surface area (Å²) < 4.78 is 24.7. The molecule has 6 unspecified atom stereocenters. The van der Waals surface area contributed by atoms with E-state index in [4.69, 9.17) is 32.7 Å². The molecule has 5 aliphatic rings. The lowest BCUT2D eigenvalue weighted by atomic mass is 9.56. The van der Waals surface area contributed by atoms with Gasteiger partial charge in [-0.2, -0.15) is 0 Å². The van der Waals surface area contributed by atoms with Gasteiger partial charge in [0.05, 0.1) is 43.5 Å². The molecule has 1 saturated carbocycles. The molecule has 0 spiro atoms. The maximum atomic E-state index is 14.5. The highest BCUT2D eigenvalue weighted by atomic mass is 35.5. The molecule has 3 aliphatic heterocycles. The zero-order valence-electron chi connectivity index (χ0n) is 26.9. The number of fused-ring (bicyclic) bond motifs is 4. The maximum absolute atomic E-state index is 14.5. The molecular weight excluding hydrogens is 688 g/mol. The van der Waals surface area contributed by atoms with Crippen LogP contribution in [0.25, 0.3) is 0 Å². The summed E-state index contributed by atoms with van der Waals surface area (Å²) in [6.07, 6.45) is 1.72. The number of imide groups is 2. The molecule has 3 saturated heterocycles. The number of amides is 4. The number of anilines is 3. The minimum atomic E-state index is -2.18. The van der Waals surface area contributed by atoms with Crippen molar-refractivity contribution in [3.05, 3.63) is 89.8 Å². The van der Waals surface area contributed by atoms with E-state index < -0.39 is 57.0 Å². The van der Waals surface area contributed by atoms with Crippen molar-refractivity contribution < 1.29 is 38.1 Å². The second kappa shape index (κ2) is 11.8. The summed E-state index contributed by atoms with van der Waals surface area (Å²) in [6.45, 7) is 2.68. The van der Waals surface area contributed by atoms with Gasteiger partial charge >= 0.3 is 0 Å². The van der Waals surface area contributed by atoms with Gasteiger partial charge in [-0.05, 0) is 73.4 Å². The van der Waals surface area contributed by atoms with Gasteiger partial charge in [0.15, 0.2) is 21.2 Å². The van der Waals surface area contributed by atoms with Gasteiger partial charge in [-0.25, -0.2) is 9.29 Å². The van der Waals surface area contributed by atoms with Gasteiger partial charge < -0.3 is 19.5 Å². The van der Waals surface area contributed by atoms with Crippen LogP contribution in [-0.2, 0) is 23.9 Å². The normalized spacial score (nSPS) is 30.6. The van der Waals surface area contributed by atoms with Gasteiger partial charge in [0.1, 0.15) is 5.82 Å². The van der Waals surface area contributed by atoms with Crippen LogP contribution in [0.2, 0.25) is 0 Å². The number of aromatic hydroxyl groups is 1. The lowest BCUT2D eigenvalue weighted by Crippen LogP contribution is -2.60. The highest BCUT2D eigenvalue weighted by Crippen LogP contribution is 2.66. The first-order chi connectivity index (χ1) is 24.0. The number of morpholine rings is 1. The molecule has 258 valence electrons. The largest absolute Gasteiger partial charge is 0.504 e. The van der Waals surface area contributed by atoms with E-state index in [2.05, 4.69) is 4.90 Å². The molecule has 0 radical (unpaired) electrons. The van der Waals surface area contributed by atoms with Gasteiger partial charge in [-0.1, -0.05) is 23.8 Å². The molecule has 10 nitrogen and oxygen atoms in total. The number of phenols is 1. The molecule has 3 aromatic carbocycles. The van der Waals surface area contributed by atoms with E-state index in [1.165, 1.54) is 30.2 Å². The maximum Gasteiger partial charge on any atom is 0.258 e. The first-order valence-electron chi connectivity index (χ1n) is 16.4. The molecule has 13 heteroatoms.